The van der Waals surface area contributed by atoms with Crippen molar-refractivity contribution < 1.29 is 14.0 Å². The lowest BCUT2D eigenvalue weighted by Gasteiger charge is -2.06. The number of nitrogens with one attached hydrogen (secondary N) is 2. The van der Waals surface area contributed by atoms with E-state index in [-0.39, 0.29) is 17.6 Å². The molecule has 2 aromatic carbocycles. The van der Waals surface area contributed by atoms with Crippen molar-refractivity contribution in [2.24, 2.45) is 0 Å². The lowest BCUT2D eigenvalue weighted by molar-refractivity contribution is 0.0911. The van der Waals surface area contributed by atoms with Crippen molar-refractivity contribution in [2.45, 2.75) is 0 Å². The number of benzene rings is 2. The van der Waals surface area contributed by atoms with Gasteiger partial charge in [-0.3, -0.25) is 9.59 Å². The van der Waals surface area contributed by atoms with Gasteiger partial charge in [0.25, 0.3) is 11.8 Å². The molecule has 2 amide bonds. The number of aromatic nitrogens is 1. The quantitative estimate of drug-likeness (QED) is 0.491. The van der Waals surface area contributed by atoms with Gasteiger partial charge in [0.05, 0.1) is 10.2 Å². The van der Waals surface area contributed by atoms with Gasteiger partial charge in [-0.2, -0.15) is 0 Å². The van der Waals surface area contributed by atoms with Crippen molar-refractivity contribution in [1.29, 1.82) is 0 Å². The van der Waals surface area contributed by atoms with Gasteiger partial charge >= 0.3 is 0 Å². The van der Waals surface area contributed by atoms with Gasteiger partial charge in [-0.05, 0) is 36.4 Å². The second-order valence-electron chi connectivity index (χ2n) is 6.03. The Hall–Kier alpha value is -3.45. The third-order valence-electron chi connectivity index (χ3n) is 4.07. The topological polar surface area (TPSA) is 84.2 Å². The summed E-state index contributed by atoms with van der Waals surface area (Å²) in [5.74, 6) is 0.264. The first-order valence-corrected chi connectivity index (χ1v) is 9.59. The number of thiazole rings is 1. The molecule has 2 N–H and O–H groups in total. The minimum absolute atomic E-state index is 0.175. The molecule has 2 aromatic heterocycles. The highest BCUT2D eigenvalue weighted by Crippen LogP contribution is 2.31. The third-order valence-corrected chi connectivity index (χ3v) is 5.12. The van der Waals surface area contributed by atoms with Crippen LogP contribution in [-0.2, 0) is 0 Å². The van der Waals surface area contributed by atoms with Crippen LogP contribution < -0.4 is 10.6 Å². The van der Waals surface area contributed by atoms with E-state index in [1.165, 1.54) is 11.3 Å². The third kappa shape index (κ3) is 3.94. The molecule has 0 spiro atoms. The summed E-state index contributed by atoms with van der Waals surface area (Å²) < 4.78 is 6.72. The zero-order chi connectivity index (χ0) is 19.3. The molecule has 2 heterocycles. The van der Waals surface area contributed by atoms with E-state index in [0.29, 0.717) is 24.4 Å². The summed E-state index contributed by atoms with van der Waals surface area (Å²) in [6.07, 6.45) is 0. The maximum absolute atomic E-state index is 12.2. The fourth-order valence-corrected chi connectivity index (χ4v) is 3.61. The molecular formula is C21H17N3O3S. The normalized spacial score (nSPS) is 10.7. The average Bonchev–Trinajstić information content (AvgIpc) is 3.38. The van der Waals surface area contributed by atoms with Gasteiger partial charge < -0.3 is 15.1 Å². The van der Waals surface area contributed by atoms with Gasteiger partial charge in [0.1, 0.15) is 0 Å². The SMILES string of the molecule is O=C(NCCNC(=O)c1ccc(-c2nc3ccccc3s2)o1)c1ccccc1. The summed E-state index contributed by atoms with van der Waals surface area (Å²) in [6, 6.07) is 20.1. The van der Waals surface area contributed by atoms with Crippen LogP contribution in [0.15, 0.2) is 71.1 Å². The predicted molar refractivity (Wildman–Crippen MR) is 108 cm³/mol. The first kappa shape index (κ1) is 17.9. The first-order chi connectivity index (χ1) is 13.7. The number of para-hydroxylation sites is 1. The van der Waals surface area contributed by atoms with E-state index in [1.807, 2.05) is 30.3 Å². The number of amides is 2. The zero-order valence-corrected chi connectivity index (χ0v) is 15.7. The van der Waals surface area contributed by atoms with Gasteiger partial charge in [-0.15, -0.1) is 11.3 Å². The van der Waals surface area contributed by atoms with Crippen molar-refractivity contribution in [1.82, 2.24) is 15.6 Å². The van der Waals surface area contributed by atoms with Gasteiger partial charge in [-0.1, -0.05) is 30.3 Å². The minimum Gasteiger partial charge on any atom is -0.448 e. The van der Waals surface area contributed by atoms with Crippen molar-refractivity contribution in [2.75, 3.05) is 13.1 Å². The molecule has 0 unspecified atom stereocenters. The van der Waals surface area contributed by atoms with E-state index in [0.717, 1.165) is 15.2 Å². The number of carbonyl (C=O) groups is 2. The number of fused-ring (bicyclic) bond motifs is 1. The number of nitrogens with zero attached hydrogens (tertiary/aromatic N) is 1. The zero-order valence-electron chi connectivity index (χ0n) is 14.8. The Labute approximate surface area is 165 Å². The van der Waals surface area contributed by atoms with Crippen LogP contribution >= 0.6 is 11.3 Å². The van der Waals surface area contributed by atoms with E-state index in [2.05, 4.69) is 15.6 Å². The Bertz CT molecular complexity index is 1090. The summed E-state index contributed by atoms with van der Waals surface area (Å²) in [5, 5.41) is 6.22. The van der Waals surface area contributed by atoms with Gasteiger partial charge in [-0.25, -0.2) is 4.98 Å². The van der Waals surface area contributed by atoms with E-state index < -0.39 is 0 Å². The number of furan rings is 1. The summed E-state index contributed by atoms with van der Waals surface area (Å²) in [6.45, 7) is 0.624. The molecule has 0 atom stereocenters. The number of rotatable bonds is 6. The van der Waals surface area contributed by atoms with Crippen LogP contribution in [0, 0.1) is 0 Å². The fourth-order valence-electron chi connectivity index (χ4n) is 2.68. The molecule has 140 valence electrons. The smallest absolute Gasteiger partial charge is 0.287 e. The van der Waals surface area contributed by atoms with E-state index >= 15 is 0 Å². The number of hydrogen-bond donors (Lipinski definition) is 2. The Morgan fingerprint density at radius 1 is 0.857 bits per heavy atom. The Kier molecular flexibility index (Phi) is 5.16. The van der Waals surface area contributed by atoms with E-state index in [1.54, 1.807) is 36.4 Å². The van der Waals surface area contributed by atoms with Gasteiger partial charge in [0.2, 0.25) is 0 Å². The molecule has 4 aromatic rings. The predicted octanol–water partition coefficient (Wildman–Crippen LogP) is 3.72. The van der Waals surface area contributed by atoms with E-state index in [4.69, 9.17) is 4.42 Å². The molecule has 0 aliphatic carbocycles. The molecule has 0 fully saturated rings. The number of hydrogen-bond acceptors (Lipinski definition) is 5. The summed E-state index contributed by atoms with van der Waals surface area (Å²) >= 11 is 1.51. The van der Waals surface area contributed by atoms with Crippen LogP contribution in [0.5, 0.6) is 0 Å². The molecule has 7 heteroatoms. The highest BCUT2D eigenvalue weighted by Gasteiger charge is 2.14. The molecule has 0 bridgehead atoms. The molecule has 0 aliphatic rings. The maximum atomic E-state index is 12.2. The standard InChI is InChI=1S/C21H17N3O3S/c25-19(14-6-2-1-3-7-14)22-12-13-23-20(26)16-10-11-17(27-16)21-24-15-8-4-5-9-18(15)28-21/h1-11H,12-13H2,(H,22,25)(H,23,26). The van der Waals surface area contributed by atoms with Gasteiger partial charge in [0, 0.05) is 18.7 Å². The van der Waals surface area contributed by atoms with E-state index in [9.17, 15) is 9.59 Å². The molecule has 4 rings (SSSR count). The molecule has 6 nitrogen and oxygen atoms in total. The van der Waals surface area contributed by atoms with Crippen LogP contribution in [0.2, 0.25) is 0 Å². The molecule has 28 heavy (non-hydrogen) atoms. The van der Waals surface area contributed by atoms with Crippen LogP contribution in [0.3, 0.4) is 0 Å². The monoisotopic (exact) mass is 391 g/mol. The first-order valence-electron chi connectivity index (χ1n) is 8.78. The molecule has 0 saturated carbocycles. The van der Waals surface area contributed by atoms with Crippen molar-refractivity contribution in [3.05, 3.63) is 78.1 Å². The van der Waals surface area contributed by atoms with Gasteiger partial charge in [0.15, 0.2) is 16.5 Å². The molecule has 0 radical (unpaired) electrons. The lowest BCUT2D eigenvalue weighted by Crippen LogP contribution is -2.34. The van der Waals surface area contributed by atoms with Crippen molar-refractivity contribution in [3.63, 3.8) is 0 Å². The Morgan fingerprint density at radius 3 is 2.36 bits per heavy atom. The van der Waals surface area contributed by atoms with Crippen LogP contribution in [0.25, 0.3) is 21.0 Å². The lowest BCUT2D eigenvalue weighted by atomic mass is 10.2. The van der Waals surface area contributed by atoms with Crippen LogP contribution in [-0.4, -0.2) is 29.9 Å². The highest BCUT2D eigenvalue weighted by atomic mass is 32.1. The molecule has 0 saturated heterocycles. The van der Waals surface area contributed by atoms with Crippen molar-refractivity contribution >= 4 is 33.4 Å². The maximum Gasteiger partial charge on any atom is 0.287 e. The Balaban J connectivity index is 1.31. The second-order valence-corrected chi connectivity index (χ2v) is 7.06. The fraction of sp³-hybridized carbons (Fsp3) is 0.0952. The van der Waals surface area contributed by atoms with Crippen LogP contribution in [0.4, 0.5) is 0 Å². The molecular weight excluding hydrogens is 374 g/mol. The van der Waals surface area contributed by atoms with Crippen LogP contribution in [0.1, 0.15) is 20.9 Å². The summed E-state index contributed by atoms with van der Waals surface area (Å²) in [5.41, 5.74) is 1.49. The average molecular weight is 391 g/mol. The van der Waals surface area contributed by atoms with Crippen molar-refractivity contribution in [3.8, 4) is 10.8 Å². The summed E-state index contributed by atoms with van der Waals surface area (Å²) in [7, 11) is 0. The second kappa shape index (κ2) is 8.06. The minimum atomic E-state index is -0.332. The number of carbonyl (C=O) groups excluding carboxylic acids is 2. The Morgan fingerprint density at radius 2 is 1.57 bits per heavy atom. The molecule has 0 aliphatic heterocycles. The highest BCUT2D eigenvalue weighted by molar-refractivity contribution is 7.21. The summed E-state index contributed by atoms with van der Waals surface area (Å²) in [4.78, 5) is 28.7. The largest absolute Gasteiger partial charge is 0.448 e.